The molecule has 1 aromatic rings. The number of hydrogen-bond acceptors (Lipinski definition) is 1. The fraction of sp³-hybridized carbons (Fsp3) is 0.571. The van der Waals surface area contributed by atoms with E-state index in [2.05, 4.69) is 19.2 Å². The molecule has 0 amide bonds. The normalized spacial score (nSPS) is 19.1. The van der Waals surface area contributed by atoms with Crippen LogP contribution in [-0.4, -0.2) is 12.6 Å². The summed E-state index contributed by atoms with van der Waals surface area (Å²) in [6.45, 7) is 5.26. The lowest BCUT2D eigenvalue weighted by Crippen LogP contribution is -2.26. The van der Waals surface area contributed by atoms with Crippen LogP contribution in [0.4, 0.5) is 4.39 Å². The van der Waals surface area contributed by atoms with Gasteiger partial charge in [0.2, 0.25) is 0 Å². The summed E-state index contributed by atoms with van der Waals surface area (Å²) < 4.78 is 13.2. The van der Waals surface area contributed by atoms with E-state index in [0.717, 1.165) is 12.1 Å². The Kier molecular flexibility index (Phi) is 4.05. The summed E-state index contributed by atoms with van der Waals surface area (Å²) in [5.41, 5.74) is 0.914. The van der Waals surface area contributed by atoms with E-state index < -0.39 is 0 Å². The molecular formula is C14H19ClFN. The van der Waals surface area contributed by atoms with Crippen molar-refractivity contribution in [1.29, 1.82) is 0 Å². The van der Waals surface area contributed by atoms with Crippen LogP contribution in [0.25, 0.3) is 0 Å². The minimum atomic E-state index is -0.210. The average molecular weight is 256 g/mol. The molecule has 1 aliphatic rings. The Morgan fingerprint density at radius 3 is 2.76 bits per heavy atom. The molecule has 2 unspecified atom stereocenters. The topological polar surface area (TPSA) is 12.0 Å². The van der Waals surface area contributed by atoms with Crippen LogP contribution in [0.15, 0.2) is 18.2 Å². The molecule has 1 saturated carbocycles. The van der Waals surface area contributed by atoms with Crippen molar-refractivity contribution < 1.29 is 4.39 Å². The molecule has 0 radical (unpaired) electrons. The third kappa shape index (κ3) is 3.43. The Balaban J connectivity index is 2.00. The molecule has 1 aliphatic carbocycles. The van der Waals surface area contributed by atoms with Crippen LogP contribution in [0.5, 0.6) is 0 Å². The fourth-order valence-corrected chi connectivity index (χ4v) is 2.28. The first-order chi connectivity index (χ1) is 8.08. The Hall–Kier alpha value is -0.600. The summed E-state index contributed by atoms with van der Waals surface area (Å²) >= 11 is 6.12. The lowest BCUT2D eigenvalue weighted by molar-refractivity contribution is 0.445. The van der Waals surface area contributed by atoms with Crippen LogP contribution < -0.4 is 5.32 Å². The molecule has 94 valence electrons. The van der Waals surface area contributed by atoms with Crippen molar-refractivity contribution in [2.75, 3.05) is 6.54 Å². The van der Waals surface area contributed by atoms with Gasteiger partial charge in [0.05, 0.1) is 0 Å². The predicted octanol–water partition coefficient (Wildman–Crippen LogP) is 3.97. The molecule has 3 heteroatoms. The summed E-state index contributed by atoms with van der Waals surface area (Å²) in [6, 6.07) is 5.32. The number of hydrogen-bond donors (Lipinski definition) is 1. The van der Waals surface area contributed by atoms with Crippen LogP contribution in [-0.2, 0) is 0 Å². The molecule has 0 spiro atoms. The van der Waals surface area contributed by atoms with Gasteiger partial charge in [0.15, 0.2) is 0 Å². The lowest BCUT2D eigenvalue weighted by atomic mass is 9.88. The van der Waals surface area contributed by atoms with E-state index in [1.165, 1.54) is 18.9 Å². The molecule has 2 atom stereocenters. The second kappa shape index (κ2) is 5.36. The zero-order valence-corrected chi connectivity index (χ0v) is 11.1. The van der Waals surface area contributed by atoms with E-state index in [1.807, 2.05) is 0 Å². The van der Waals surface area contributed by atoms with Crippen molar-refractivity contribution in [3.05, 3.63) is 34.6 Å². The average Bonchev–Trinajstić information content (AvgIpc) is 3.12. The highest BCUT2D eigenvalue weighted by atomic mass is 35.5. The van der Waals surface area contributed by atoms with Crippen molar-refractivity contribution in [1.82, 2.24) is 5.32 Å². The van der Waals surface area contributed by atoms with Crippen LogP contribution in [0, 0.1) is 11.7 Å². The molecular weight excluding hydrogens is 237 g/mol. The Morgan fingerprint density at radius 2 is 2.12 bits per heavy atom. The SMILES string of the molecule is CC(CNC1CC1)C(C)c1cc(F)ccc1Cl. The van der Waals surface area contributed by atoms with Crippen molar-refractivity contribution >= 4 is 11.6 Å². The maximum absolute atomic E-state index is 13.2. The predicted molar refractivity (Wildman–Crippen MR) is 70.0 cm³/mol. The van der Waals surface area contributed by atoms with Gasteiger partial charge in [-0.15, -0.1) is 0 Å². The van der Waals surface area contributed by atoms with Gasteiger partial charge >= 0.3 is 0 Å². The smallest absolute Gasteiger partial charge is 0.123 e. The quantitative estimate of drug-likeness (QED) is 0.840. The number of rotatable bonds is 5. The first-order valence-corrected chi connectivity index (χ1v) is 6.64. The Labute approximate surface area is 107 Å². The number of benzene rings is 1. The lowest BCUT2D eigenvalue weighted by Gasteiger charge is -2.22. The van der Waals surface area contributed by atoms with Crippen molar-refractivity contribution in [2.45, 2.75) is 38.6 Å². The van der Waals surface area contributed by atoms with E-state index in [9.17, 15) is 4.39 Å². The van der Waals surface area contributed by atoms with Gasteiger partial charge in [-0.1, -0.05) is 25.4 Å². The summed E-state index contributed by atoms with van der Waals surface area (Å²) in [5.74, 6) is 0.512. The van der Waals surface area contributed by atoms with Crippen molar-refractivity contribution in [2.24, 2.45) is 5.92 Å². The minimum Gasteiger partial charge on any atom is -0.314 e. The van der Waals surface area contributed by atoms with Crippen LogP contribution in [0.1, 0.15) is 38.2 Å². The molecule has 1 N–H and O–H groups in total. The van der Waals surface area contributed by atoms with Crippen LogP contribution in [0.3, 0.4) is 0 Å². The highest BCUT2D eigenvalue weighted by Gasteiger charge is 2.23. The molecule has 1 nitrogen and oxygen atoms in total. The standard InChI is InChI=1S/C14H19ClFN/c1-9(8-17-12-4-5-12)10(2)13-7-11(16)3-6-14(13)15/h3,6-7,9-10,12,17H,4-5,8H2,1-2H3. The Morgan fingerprint density at radius 1 is 1.41 bits per heavy atom. The summed E-state index contributed by atoms with van der Waals surface area (Å²) in [7, 11) is 0. The second-order valence-electron chi connectivity index (χ2n) is 5.11. The molecule has 0 saturated heterocycles. The van der Waals surface area contributed by atoms with E-state index in [1.54, 1.807) is 12.1 Å². The van der Waals surface area contributed by atoms with Crippen LogP contribution >= 0.6 is 11.6 Å². The third-order valence-electron chi connectivity index (χ3n) is 3.61. The monoisotopic (exact) mass is 255 g/mol. The number of nitrogens with one attached hydrogen (secondary N) is 1. The van der Waals surface area contributed by atoms with Gasteiger partial charge < -0.3 is 5.32 Å². The van der Waals surface area contributed by atoms with Gasteiger partial charge in [-0.05, 0) is 55.0 Å². The molecule has 17 heavy (non-hydrogen) atoms. The maximum atomic E-state index is 13.2. The summed E-state index contributed by atoms with van der Waals surface area (Å²) in [5, 5.41) is 4.17. The van der Waals surface area contributed by atoms with E-state index >= 15 is 0 Å². The van der Waals surface area contributed by atoms with Gasteiger partial charge in [0, 0.05) is 11.1 Å². The highest BCUT2D eigenvalue weighted by molar-refractivity contribution is 6.31. The minimum absolute atomic E-state index is 0.210. The van der Waals surface area contributed by atoms with Gasteiger partial charge in [0.1, 0.15) is 5.82 Å². The van der Waals surface area contributed by atoms with Gasteiger partial charge in [-0.25, -0.2) is 4.39 Å². The van der Waals surface area contributed by atoms with Crippen LogP contribution in [0.2, 0.25) is 5.02 Å². The molecule has 0 heterocycles. The van der Waals surface area contributed by atoms with Gasteiger partial charge in [-0.2, -0.15) is 0 Å². The highest BCUT2D eigenvalue weighted by Crippen LogP contribution is 2.31. The molecule has 2 rings (SSSR count). The van der Waals surface area contributed by atoms with Crippen molar-refractivity contribution in [3.63, 3.8) is 0 Å². The fourth-order valence-electron chi connectivity index (χ4n) is 1.99. The summed E-state index contributed by atoms with van der Waals surface area (Å²) in [6.07, 6.45) is 2.59. The molecule has 0 bridgehead atoms. The van der Waals surface area contributed by atoms with E-state index in [0.29, 0.717) is 17.0 Å². The first kappa shape index (κ1) is 12.8. The molecule has 1 fully saturated rings. The molecule has 1 aromatic carbocycles. The molecule has 0 aliphatic heterocycles. The van der Waals surface area contributed by atoms with Gasteiger partial charge in [-0.3, -0.25) is 0 Å². The zero-order chi connectivity index (χ0) is 12.4. The van der Waals surface area contributed by atoms with Crippen molar-refractivity contribution in [3.8, 4) is 0 Å². The molecule has 0 aromatic heterocycles. The summed E-state index contributed by atoms with van der Waals surface area (Å²) in [4.78, 5) is 0. The van der Waals surface area contributed by atoms with E-state index in [4.69, 9.17) is 11.6 Å². The third-order valence-corrected chi connectivity index (χ3v) is 3.95. The maximum Gasteiger partial charge on any atom is 0.123 e. The second-order valence-corrected chi connectivity index (χ2v) is 5.52. The van der Waals surface area contributed by atoms with Gasteiger partial charge in [0.25, 0.3) is 0 Å². The first-order valence-electron chi connectivity index (χ1n) is 6.26. The zero-order valence-electron chi connectivity index (χ0n) is 10.3. The largest absolute Gasteiger partial charge is 0.314 e. The van der Waals surface area contributed by atoms with E-state index in [-0.39, 0.29) is 11.7 Å². The number of halogens is 2. The Bertz CT molecular complexity index is 390.